The molecule has 1 aliphatic heterocycles. The Balaban J connectivity index is 1.27. The molecule has 0 radical (unpaired) electrons. The summed E-state index contributed by atoms with van der Waals surface area (Å²) in [6.07, 6.45) is 1.83. The summed E-state index contributed by atoms with van der Waals surface area (Å²) in [6, 6.07) is 11.8. The SMILES string of the molecule is Cc1cnc(-c2ccc(NC(=O)Nc3ccc4oc(=O)[nH]c4c3)cc2)nc1N1CCOCC1. The molecule has 0 unspecified atom stereocenters. The van der Waals surface area contributed by atoms with Gasteiger partial charge in [-0.3, -0.25) is 4.98 Å². The Bertz CT molecular complexity index is 1360. The average Bonchev–Trinajstić information content (AvgIpc) is 3.20. The molecule has 2 aromatic heterocycles. The predicted molar refractivity (Wildman–Crippen MR) is 125 cm³/mol. The number of urea groups is 1. The van der Waals surface area contributed by atoms with Gasteiger partial charge in [0.15, 0.2) is 11.4 Å². The number of hydrogen-bond acceptors (Lipinski definition) is 7. The van der Waals surface area contributed by atoms with Crippen LogP contribution in [0.2, 0.25) is 0 Å². The Morgan fingerprint density at radius 2 is 1.79 bits per heavy atom. The van der Waals surface area contributed by atoms with Gasteiger partial charge in [-0.2, -0.15) is 0 Å². The molecule has 4 aromatic rings. The number of carbonyl (C=O) groups is 1. The first-order chi connectivity index (χ1) is 16.0. The van der Waals surface area contributed by atoms with E-state index in [4.69, 9.17) is 14.1 Å². The van der Waals surface area contributed by atoms with Gasteiger partial charge in [0.05, 0.1) is 18.7 Å². The Morgan fingerprint density at radius 1 is 1.06 bits per heavy atom. The molecule has 2 aromatic carbocycles. The molecule has 2 amide bonds. The number of carbonyl (C=O) groups excluding carboxylic acids is 1. The highest BCUT2D eigenvalue weighted by Gasteiger charge is 2.16. The van der Waals surface area contributed by atoms with Crippen molar-refractivity contribution in [3.63, 3.8) is 0 Å². The number of ether oxygens (including phenoxy) is 1. The maximum Gasteiger partial charge on any atom is 0.417 e. The molecule has 10 heteroatoms. The maximum atomic E-state index is 12.4. The fraction of sp³-hybridized carbons (Fsp3) is 0.217. The molecule has 0 spiro atoms. The maximum absolute atomic E-state index is 12.4. The smallest absolute Gasteiger partial charge is 0.408 e. The van der Waals surface area contributed by atoms with E-state index < -0.39 is 11.8 Å². The topological polar surface area (TPSA) is 125 Å². The molecule has 0 saturated carbocycles. The Kier molecular flexibility index (Phi) is 5.49. The number of nitrogens with one attached hydrogen (secondary N) is 3. The fourth-order valence-corrected chi connectivity index (χ4v) is 3.69. The van der Waals surface area contributed by atoms with Crippen molar-refractivity contribution in [3.8, 4) is 11.4 Å². The van der Waals surface area contributed by atoms with Crippen LogP contribution in [-0.2, 0) is 4.74 Å². The first-order valence-corrected chi connectivity index (χ1v) is 10.5. The fourth-order valence-electron chi connectivity index (χ4n) is 3.69. The van der Waals surface area contributed by atoms with Crippen LogP contribution in [0.1, 0.15) is 5.56 Å². The van der Waals surface area contributed by atoms with Crippen molar-refractivity contribution < 1.29 is 13.9 Å². The molecule has 1 aliphatic rings. The Labute approximate surface area is 188 Å². The number of amides is 2. The minimum atomic E-state index is -0.540. The second kappa shape index (κ2) is 8.75. The molecular formula is C23H22N6O4. The quantitative estimate of drug-likeness (QED) is 0.439. The lowest BCUT2D eigenvalue weighted by atomic mass is 10.2. The number of aryl methyl sites for hydroxylation is 1. The van der Waals surface area contributed by atoms with Crippen LogP contribution in [0, 0.1) is 6.92 Å². The Hall–Kier alpha value is -4.18. The van der Waals surface area contributed by atoms with Crippen LogP contribution in [0.3, 0.4) is 0 Å². The van der Waals surface area contributed by atoms with Gasteiger partial charge < -0.3 is 24.7 Å². The van der Waals surface area contributed by atoms with Gasteiger partial charge in [-0.25, -0.2) is 19.6 Å². The van der Waals surface area contributed by atoms with Crippen molar-refractivity contribution in [1.82, 2.24) is 15.0 Å². The second-order valence-corrected chi connectivity index (χ2v) is 7.68. The molecule has 0 aliphatic carbocycles. The highest BCUT2D eigenvalue weighted by molar-refractivity contribution is 6.00. The molecule has 0 bridgehead atoms. The zero-order valence-electron chi connectivity index (χ0n) is 17.9. The van der Waals surface area contributed by atoms with Gasteiger partial charge in [-0.15, -0.1) is 0 Å². The van der Waals surface area contributed by atoms with Crippen molar-refractivity contribution in [1.29, 1.82) is 0 Å². The third-order valence-electron chi connectivity index (χ3n) is 5.33. The number of rotatable bonds is 4. The molecule has 10 nitrogen and oxygen atoms in total. The molecule has 5 rings (SSSR count). The number of morpholine rings is 1. The van der Waals surface area contributed by atoms with Gasteiger partial charge >= 0.3 is 11.8 Å². The standard InChI is InChI=1S/C23H22N6O4/c1-14-13-24-20(28-21(14)29-8-10-32-11-9-29)15-2-4-16(5-3-15)25-22(30)26-17-6-7-19-18(12-17)27-23(31)33-19/h2-7,12-13H,8-11H2,1H3,(H,27,31)(H2,25,26,30). The average molecular weight is 446 g/mol. The van der Waals surface area contributed by atoms with Gasteiger partial charge in [-0.1, -0.05) is 0 Å². The summed E-state index contributed by atoms with van der Waals surface area (Å²) in [7, 11) is 0. The van der Waals surface area contributed by atoms with Gasteiger partial charge in [-0.05, 0) is 49.4 Å². The Morgan fingerprint density at radius 3 is 2.58 bits per heavy atom. The van der Waals surface area contributed by atoms with Crippen molar-refractivity contribution in [2.75, 3.05) is 41.8 Å². The lowest BCUT2D eigenvalue weighted by Gasteiger charge is -2.29. The van der Waals surface area contributed by atoms with E-state index in [-0.39, 0.29) is 0 Å². The lowest BCUT2D eigenvalue weighted by molar-refractivity contribution is 0.122. The highest BCUT2D eigenvalue weighted by atomic mass is 16.5. The van der Waals surface area contributed by atoms with Crippen LogP contribution < -0.4 is 21.3 Å². The van der Waals surface area contributed by atoms with E-state index in [1.807, 2.05) is 25.3 Å². The van der Waals surface area contributed by atoms with Crippen molar-refractivity contribution in [2.24, 2.45) is 0 Å². The summed E-state index contributed by atoms with van der Waals surface area (Å²) in [5.41, 5.74) is 3.96. The molecule has 3 heterocycles. The zero-order valence-corrected chi connectivity index (χ0v) is 17.9. The summed E-state index contributed by atoms with van der Waals surface area (Å²) in [5, 5.41) is 5.52. The van der Waals surface area contributed by atoms with Crippen LogP contribution in [-0.4, -0.2) is 47.3 Å². The van der Waals surface area contributed by atoms with Crippen molar-refractivity contribution in [2.45, 2.75) is 6.92 Å². The van der Waals surface area contributed by atoms with E-state index >= 15 is 0 Å². The lowest BCUT2D eigenvalue weighted by Crippen LogP contribution is -2.37. The van der Waals surface area contributed by atoms with Crippen LogP contribution in [0.4, 0.5) is 22.0 Å². The minimum absolute atomic E-state index is 0.408. The van der Waals surface area contributed by atoms with E-state index in [9.17, 15) is 9.59 Å². The number of benzene rings is 2. The van der Waals surface area contributed by atoms with E-state index in [2.05, 4.69) is 25.5 Å². The summed E-state index contributed by atoms with van der Waals surface area (Å²) in [4.78, 5) is 37.7. The number of aromatic amines is 1. The largest absolute Gasteiger partial charge is 0.417 e. The van der Waals surface area contributed by atoms with E-state index in [0.29, 0.717) is 41.5 Å². The van der Waals surface area contributed by atoms with Crippen LogP contribution in [0.15, 0.2) is 57.9 Å². The summed E-state index contributed by atoms with van der Waals surface area (Å²) < 4.78 is 10.4. The van der Waals surface area contributed by atoms with Crippen molar-refractivity contribution in [3.05, 3.63) is 64.8 Å². The summed E-state index contributed by atoms with van der Waals surface area (Å²) >= 11 is 0. The van der Waals surface area contributed by atoms with E-state index in [1.54, 1.807) is 30.3 Å². The molecule has 3 N–H and O–H groups in total. The molecule has 168 valence electrons. The van der Waals surface area contributed by atoms with Gasteiger partial charge in [0, 0.05) is 41.8 Å². The second-order valence-electron chi connectivity index (χ2n) is 7.68. The predicted octanol–water partition coefficient (Wildman–Crippen LogP) is 3.37. The first-order valence-electron chi connectivity index (χ1n) is 10.5. The number of fused-ring (bicyclic) bond motifs is 1. The molecule has 1 saturated heterocycles. The normalized spacial score (nSPS) is 13.8. The van der Waals surface area contributed by atoms with Gasteiger partial charge in [0.25, 0.3) is 0 Å². The monoisotopic (exact) mass is 446 g/mol. The van der Waals surface area contributed by atoms with Crippen molar-refractivity contribution >= 4 is 34.3 Å². The van der Waals surface area contributed by atoms with Crippen LogP contribution in [0.5, 0.6) is 0 Å². The number of oxazole rings is 1. The third-order valence-corrected chi connectivity index (χ3v) is 5.33. The van der Waals surface area contributed by atoms with Gasteiger partial charge in [0.2, 0.25) is 0 Å². The zero-order chi connectivity index (χ0) is 22.8. The van der Waals surface area contributed by atoms with Crippen LogP contribution in [0.25, 0.3) is 22.5 Å². The van der Waals surface area contributed by atoms with Crippen LogP contribution >= 0.6 is 0 Å². The van der Waals surface area contributed by atoms with Gasteiger partial charge in [0.1, 0.15) is 5.82 Å². The summed E-state index contributed by atoms with van der Waals surface area (Å²) in [5.74, 6) is 1.00. The number of aromatic nitrogens is 3. The molecule has 0 atom stereocenters. The minimum Gasteiger partial charge on any atom is -0.408 e. The van der Waals surface area contributed by atoms with E-state index in [0.717, 1.165) is 30.0 Å². The number of anilines is 3. The molecule has 1 fully saturated rings. The highest BCUT2D eigenvalue weighted by Crippen LogP contribution is 2.24. The number of nitrogens with zero attached hydrogens (tertiary/aromatic N) is 3. The number of hydrogen-bond donors (Lipinski definition) is 3. The molecular weight excluding hydrogens is 424 g/mol. The molecule has 33 heavy (non-hydrogen) atoms. The summed E-state index contributed by atoms with van der Waals surface area (Å²) in [6.45, 7) is 4.99. The van der Waals surface area contributed by atoms with E-state index in [1.165, 1.54) is 0 Å². The first kappa shape index (κ1) is 20.7. The number of H-pyrrole nitrogens is 1. The third kappa shape index (κ3) is 4.55.